The summed E-state index contributed by atoms with van der Waals surface area (Å²) in [6.07, 6.45) is 2.62. The molecule has 0 aliphatic carbocycles. The van der Waals surface area contributed by atoms with Crippen LogP contribution in [0.25, 0.3) is 6.08 Å². The number of aryl methyl sites for hydroxylation is 1. The maximum absolute atomic E-state index is 13.0. The number of halogens is 1. The van der Waals surface area contributed by atoms with Gasteiger partial charge in [0.05, 0.1) is 42.2 Å². The number of nitrogens with zero attached hydrogens (tertiary/aromatic N) is 1. The lowest BCUT2D eigenvalue weighted by molar-refractivity contribution is -0.142. The van der Waals surface area contributed by atoms with E-state index >= 15 is 0 Å². The second-order valence-electron chi connectivity index (χ2n) is 13.3. The molecule has 0 aliphatic rings. The number of thiazole rings is 1. The molecule has 1 heterocycles. The zero-order valence-corrected chi connectivity index (χ0v) is 29.5. The largest absolute Gasteiger partial charge is 0.410 e. The standard InChI is InChI=1S/C31H54ClNO6SSi/c1-20(16-25-19-40-23(4)33-25)26(39-41(10,11)30(5,6)7)13-12-24(32)18-38-17-21(2)28(36)22(3)29(37)31(8,9)27(35)14-15-34/h12,16,19,21-22,26-28,34-36H,13-15,17-18H2,1-11H3/b20-16+,24-12-/t21-,22+,26?,27-,28-/m0/s1. The van der Waals surface area contributed by atoms with Gasteiger partial charge in [0.1, 0.15) is 5.78 Å². The van der Waals surface area contributed by atoms with Crippen molar-refractivity contribution >= 4 is 43.1 Å². The number of aliphatic hydroxyl groups is 3. The highest BCUT2D eigenvalue weighted by atomic mass is 35.5. The maximum Gasteiger partial charge on any atom is 0.192 e. The fourth-order valence-electron chi connectivity index (χ4n) is 4.25. The third-order valence-corrected chi connectivity index (χ3v) is 13.9. The van der Waals surface area contributed by atoms with Gasteiger partial charge in [-0.25, -0.2) is 4.98 Å². The molecular weight excluding hydrogens is 578 g/mol. The van der Waals surface area contributed by atoms with Gasteiger partial charge < -0.3 is 24.5 Å². The van der Waals surface area contributed by atoms with Gasteiger partial charge in [-0.15, -0.1) is 11.3 Å². The third kappa shape index (κ3) is 11.6. The van der Waals surface area contributed by atoms with Crippen molar-refractivity contribution in [3.05, 3.63) is 32.8 Å². The van der Waals surface area contributed by atoms with Crippen molar-refractivity contribution in [2.45, 2.75) is 112 Å². The van der Waals surface area contributed by atoms with Crippen molar-refractivity contribution in [1.29, 1.82) is 0 Å². The quantitative estimate of drug-likeness (QED) is 0.163. The summed E-state index contributed by atoms with van der Waals surface area (Å²) in [6.45, 7) is 22.2. The van der Waals surface area contributed by atoms with Gasteiger partial charge in [-0.2, -0.15) is 0 Å². The van der Waals surface area contributed by atoms with Gasteiger partial charge in [-0.1, -0.05) is 66.1 Å². The molecule has 3 N–H and O–H groups in total. The van der Waals surface area contributed by atoms with Gasteiger partial charge in [-0.3, -0.25) is 4.79 Å². The number of aliphatic hydroxyl groups excluding tert-OH is 3. The Balaban J connectivity index is 2.85. The van der Waals surface area contributed by atoms with E-state index in [1.807, 2.05) is 25.3 Å². The highest BCUT2D eigenvalue weighted by Gasteiger charge is 2.41. The molecule has 0 aromatic carbocycles. The number of hydrogen-bond acceptors (Lipinski definition) is 8. The molecule has 1 unspecified atom stereocenters. The zero-order valence-electron chi connectivity index (χ0n) is 27.0. The van der Waals surface area contributed by atoms with Crippen LogP contribution >= 0.6 is 22.9 Å². The van der Waals surface area contributed by atoms with Crippen LogP contribution in [0.3, 0.4) is 0 Å². The summed E-state index contributed by atoms with van der Waals surface area (Å²) in [5.74, 6) is -1.28. The molecule has 0 aliphatic heterocycles. The Hall–Kier alpha value is -0.913. The fourth-order valence-corrected chi connectivity index (χ4v) is 6.33. The van der Waals surface area contributed by atoms with Crippen molar-refractivity contribution in [2.75, 3.05) is 19.8 Å². The van der Waals surface area contributed by atoms with E-state index in [9.17, 15) is 15.0 Å². The Kier molecular flexibility index (Phi) is 15.1. The summed E-state index contributed by atoms with van der Waals surface area (Å²) in [5, 5.41) is 33.9. The molecule has 0 bridgehead atoms. The van der Waals surface area contributed by atoms with Crippen LogP contribution in [0.5, 0.6) is 0 Å². The molecule has 0 spiro atoms. The van der Waals surface area contributed by atoms with Crippen LogP contribution < -0.4 is 0 Å². The topological polar surface area (TPSA) is 109 Å². The van der Waals surface area contributed by atoms with E-state index in [-0.39, 0.29) is 49.1 Å². The maximum atomic E-state index is 13.0. The van der Waals surface area contributed by atoms with Crippen LogP contribution in [-0.4, -0.2) is 72.5 Å². The Morgan fingerprint density at radius 3 is 2.32 bits per heavy atom. The van der Waals surface area contributed by atoms with E-state index in [4.69, 9.17) is 25.9 Å². The van der Waals surface area contributed by atoms with Crippen LogP contribution in [0.4, 0.5) is 0 Å². The predicted molar refractivity (Wildman–Crippen MR) is 173 cm³/mol. The van der Waals surface area contributed by atoms with Gasteiger partial charge in [0, 0.05) is 34.3 Å². The van der Waals surface area contributed by atoms with Gasteiger partial charge >= 0.3 is 0 Å². The molecule has 0 amide bonds. The number of carbonyl (C=O) groups excluding carboxylic acids is 1. The number of rotatable bonds is 17. The van der Waals surface area contributed by atoms with Crippen LogP contribution in [0, 0.1) is 24.2 Å². The first-order chi connectivity index (χ1) is 18.7. The molecule has 236 valence electrons. The molecule has 1 aromatic rings. The highest BCUT2D eigenvalue weighted by molar-refractivity contribution is 7.09. The number of carbonyl (C=O) groups is 1. The second kappa shape index (κ2) is 16.2. The minimum Gasteiger partial charge on any atom is -0.410 e. The first kappa shape index (κ1) is 38.1. The Bertz CT molecular complexity index is 1030. The van der Waals surface area contributed by atoms with Crippen LogP contribution in [0.15, 0.2) is 22.1 Å². The van der Waals surface area contributed by atoms with Gasteiger partial charge in [0.15, 0.2) is 8.32 Å². The fraction of sp³-hybridized carbons (Fsp3) is 0.742. The van der Waals surface area contributed by atoms with E-state index in [2.05, 4.69) is 51.8 Å². The minimum absolute atomic E-state index is 0.0565. The summed E-state index contributed by atoms with van der Waals surface area (Å²) in [7, 11) is -2.06. The van der Waals surface area contributed by atoms with Crippen molar-refractivity contribution in [2.24, 2.45) is 17.3 Å². The van der Waals surface area contributed by atoms with Crippen molar-refractivity contribution in [3.63, 3.8) is 0 Å². The summed E-state index contributed by atoms with van der Waals surface area (Å²) in [4.78, 5) is 17.6. The second-order valence-corrected chi connectivity index (χ2v) is 19.6. The number of Topliss-reactive ketones (excluding diaryl/α,β-unsaturated/α-hetero) is 1. The molecular formula is C31H54ClNO6SSi. The zero-order chi connectivity index (χ0) is 31.8. The van der Waals surface area contributed by atoms with E-state index in [1.54, 1.807) is 32.1 Å². The summed E-state index contributed by atoms with van der Waals surface area (Å²) < 4.78 is 12.6. The van der Waals surface area contributed by atoms with Crippen LogP contribution in [0.1, 0.15) is 78.9 Å². The number of ketones is 1. The smallest absolute Gasteiger partial charge is 0.192 e. The van der Waals surface area contributed by atoms with Crippen LogP contribution in [0.2, 0.25) is 18.1 Å². The van der Waals surface area contributed by atoms with Gasteiger partial charge in [0.25, 0.3) is 0 Å². The van der Waals surface area contributed by atoms with Gasteiger partial charge in [0.2, 0.25) is 0 Å². The summed E-state index contributed by atoms with van der Waals surface area (Å²) in [6, 6.07) is 0. The lowest BCUT2D eigenvalue weighted by Gasteiger charge is -2.39. The van der Waals surface area contributed by atoms with Crippen LogP contribution in [-0.2, 0) is 14.0 Å². The molecule has 41 heavy (non-hydrogen) atoms. The number of aromatic nitrogens is 1. The normalized spacial score (nSPS) is 17.7. The summed E-state index contributed by atoms with van der Waals surface area (Å²) in [5.41, 5.74) is 0.937. The lowest BCUT2D eigenvalue weighted by atomic mass is 9.73. The first-order valence-electron chi connectivity index (χ1n) is 14.5. The molecule has 1 rings (SSSR count). The van der Waals surface area contributed by atoms with E-state index < -0.39 is 31.9 Å². The third-order valence-electron chi connectivity index (χ3n) is 8.32. The molecule has 5 atom stereocenters. The average Bonchev–Trinajstić information content (AvgIpc) is 3.28. The molecule has 1 aromatic heterocycles. The first-order valence-corrected chi connectivity index (χ1v) is 18.6. The molecule has 7 nitrogen and oxygen atoms in total. The predicted octanol–water partition coefficient (Wildman–Crippen LogP) is 6.75. The lowest BCUT2D eigenvalue weighted by Crippen LogP contribution is -2.45. The van der Waals surface area contributed by atoms with E-state index in [1.165, 1.54) is 0 Å². The highest BCUT2D eigenvalue weighted by Crippen LogP contribution is 2.39. The van der Waals surface area contributed by atoms with E-state index in [0.717, 1.165) is 16.3 Å². The number of hydrogen-bond donors (Lipinski definition) is 3. The minimum atomic E-state index is -2.06. The molecule has 0 saturated heterocycles. The van der Waals surface area contributed by atoms with Gasteiger partial charge in [-0.05, 0) is 56.5 Å². The van der Waals surface area contributed by atoms with Crippen molar-refractivity contribution in [1.82, 2.24) is 4.98 Å². The molecule has 0 fully saturated rings. The molecule has 0 saturated carbocycles. The average molecular weight is 632 g/mol. The Morgan fingerprint density at radius 1 is 1.20 bits per heavy atom. The van der Waals surface area contributed by atoms with E-state index in [0.29, 0.717) is 11.5 Å². The van der Waals surface area contributed by atoms with Crippen molar-refractivity contribution < 1.29 is 29.3 Å². The van der Waals surface area contributed by atoms with Crippen molar-refractivity contribution in [3.8, 4) is 0 Å². The molecule has 0 radical (unpaired) electrons. The Morgan fingerprint density at radius 2 is 1.80 bits per heavy atom. The molecule has 10 heteroatoms. The number of ether oxygens (including phenoxy) is 1. The summed E-state index contributed by atoms with van der Waals surface area (Å²) >= 11 is 8.17. The Labute approximate surface area is 258 Å². The monoisotopic (exact) mass is 631 g/mol. The SMILES string of the molecule is C/C(=C\c1csc(C)n1)C(C/C=C(\Cl)COC[C@H](C)[C@H](O)[C@@H](C)C(=O)C(C)(C)[C@@H](O)CCO)O[Si](C)(C)C(C)(C)C.